The Morgan fingerprint density at radius 2 is 1.56 bits per heavy atom. The molecule has 1 fully saturated rings. The Morgan fingerprint density at radius 1 is 0.941 bits per heavy atom. The molecule has 2 aromatic carbocycles. The predicted molar refractivity (Wildman–Crippen MR) is 133 cm³/mol. The third-order valence-corrected chi connectivity index (χ3v) is 6.68. The van der Waals surface area contributed by atoms with Gasteiger partial charge in [0.05, 0.1) is 13.7 Å². The molecule has 0 saturated heterocycles. The van der Waals surface area contributed by atoms with Crippen LogP contribution in [0.25, 0.3) is 0 Å². The summed E-state index contributed by atoms with van der Waals surface area (Å²) in [6, 6.07) is 18.0. The van der Waals surface area contributed by atoms with Gasteiger partial charge in [-0.2, -0.15) is 0 Å². The molecule has 3 rings (SSSR count). The third-order valence-electron chi connectivity index (χ3n) is 6.68. The highest BCUT2D eigenvalue weighted by Crippen LogP contribution is 2.41. The van der Waals surface area contributed by atoms with Crippen LogP contribution in [0, 0.1) is 0 Å². The van der Waals surface area contributed by atoms with E-state index in [1.165, 1.54) is 5.56 Å². The maximum absolute atomic E-state index is 12.4. The van der Waals surface area contributed by atoms with Crippen LogP contribution in [0.15, 0.2) is 54.6 Å². The fraction of sp³-hybridized carbons (Fsp3) is 0.481. The van der Waals surface area contributed by atoms with Gasteiger partial charge in [0, 0.05) is 24.4 Å². The van der Waals surface area contributed by atoms with Crippen LogP contribution in [0.1, 0.15) is 44.1 Å². The van der Waals surface area contributed by atoms with E-state index in [1.807, 2.05) is 30.3 Å². The first-order valence-corrected chi connectivity index (χ1v) is 12.0. The summed E-state index contributed by atoms with van der Waals surface area (Å²) in [7, 11) is 5.88. The first-order chi connectivity index (χ1) is 16.4. The molecule has 2 aromatic rings. The van der Waals surface area contributed by atoms with Crippen molar-refractivity contribution >= 4 is 11.8 Å². The Labute approximate surface area is 202 Å². The quantitative estimate of drug-likeness (QED) is 0.495. The lowest BCUT2D eigenvalue weighted by atomic mass is 9.74. The molecule has 2 N–H and O–H groups in total. The second-order valence-electron chi connectivity index (χ2n) is 9.01. The van der Waals surface area contributed by atoms with Crippen molar-refractivity contribution in [2.75, 3.05) is 34.4 Å². The SMILES string of the molecule is COc1ccc(OCCNC(=O)CCC(=O)NC2CCC(c3ccccc3)(N(C)C)CC2)cc1. The fourth-order valence-electron chi connectivity index (χ4n) is 4.63. The molecular formula is C27H37N3O4. The van der Waals surface area contributed by atoms with E-state index in [0.717, 1.165) is 31.4 Å². The van der Waals surface area contributed by atoms with Crippen molar-refractivity contribution < 1.29 is 19.1 Å². The fourth-order valence-corrected chi connectivity index (χ4v) is 4.63. The summed E-state index contributed by atoms with van der Waals surface area (Å²) >= 11 is 0. The highest BCUT2D eigenvalue weighted by atomic mass is 16.5. The van der Waals surface area contributed by atoms with Gasteiger partial charge in [-0.3, -0.25) is 14.5 Å². The molecule has 0 heterocycles. The number of hydrogen-bond donors (Lipinski definition) is 2. The molecule has 2 amide bonds. The van der Waals surface area contributed by atoms with Crippen LogP contribution >= 0.6 is 0 Å². The molecule has 1 aliphatic carbocycles. The van der Waals surface area contributed by atoms with E-state index >= 15 is 0 Å². The van der Waals surface area contributed by atoms with Crippen molar-refractivity contribution in [2.24, 2.45) is 0 Å². The van der Waals surface area contributed by atoms with Crippen LogP contribution in [0.5, 0.6) is 11.5 Å². The summed E-state index contributed by atoms with van der Waals surface area (Å²) < 4.78 is 10.7. The zero-order valence-electron chi connectivity index (χ0n) is 20.5. The summed E-state index contributed by atoms with van der Waals surface area (Å²) in [6.45, 7) is 0.753. The van der Waals surface area contributed by atoms with E-state index in [2.05, 4.69) is 53.9 Å². The number of carbonyl (C=O) groups is 2. The second-order valence-corrected chi connectivity index (χ2v) is 9.01. The second kappa shape index (κ2) is 12.4. The van der Waals surface area contributed by atoms with Gasteiger partial charge in [-0.15, -0.1) is 0 Å². The molecule has 0 atom stereocenters. The van der Waals surface area contributed by atoms with Gasteiger partial charge in [-0.25, -0.2) is 0 Å². The molecule has 34 heavy (non-hydrogen) atoms. The molecule has 184 valence electrons. The maximum atomic E-state index is 12.4. The number of hydrogen-bond acceptors (Lipinski definition) is 5. The van der Waals surface area contributed by atoms with Gasteiger partial charge in [0.15, 0.2) is 0 Å². The summed E-state index contributed by atoms with van der Waals surface area (Å²) in [5, 5.41) is 5.93. The van der Waals surface area contributed by atoms with Gasteiger partial charge >= 0.3 is 0 Å². The van der Waals surface area contributed by atoms with Gasteiger partial charge in [-0.05, 0) is 69.6 Å². The lowest BCUT2D eigenvalue weighted by molar-refractivity contribution is -0.127. The number of nitrogens with one attached hydrogen (secondary N) is 2. The molecule has 0 aromatic heterocycles. The summed E-state index contributed by atoms with van der Waals surface area (Å²) in [5.74, 6) is 1.27. The predicted octanol–water partition coefficient (Wildman–Crippen LogP) is 3.49. The number of rotatable bonds is 11. The Kier molecular flexibility index (Phi) is 9.33. The molecule has 7 nitrogen and oxygen atoms in total. The van der Waals surface area contributed by atoms with Crippen molar-refractivity contribution in [2.45, 2.75) is 50.1 Å². The van der Waals surface area contributed by atoms with Crippen molar-refractivity contribution in [1.29, 1.82) is 0 Å². The van der Waals surface area contributed by atoms with E-state index in [0.29, 0.717) is 18.9 Å². The Bertz CT molecular complexity index is 907. The van der Waals surface area contributed by atoms with Crippen molar-refractivity contribution in [3.05, 3.63) is 60.2 Å². The summed E-state index contributed by atoms with van der Waals surface area (Å²) in [4.78, 5) is 26.8. The molecule has 1 saturated carbocycles. The Morgan fingerprint density at radius 3 is 2.18 bits per heavy atom. The van der Waals surface area contributed by atoms with Crippen molar-refractivity contribution in [3.63, 3.8) is 0 Å². The van der Waals surface area contributed by atoms with Crippen LogP contribution in [0.4, 0.5) is 0 Å². The van der Waals surface area contributed by atoms with E-state index in [9.17, 15) is 9.59 Å². The highest BCUT2D eigenvalue weighted by Gasteiger charge is 2.38. The molecule has 1 aliphatic rings. The van der Waals surface area contributed by atoms with Gasteiger partial charge < -0.3 is 20.1 Å². The van der Waals surface area contributed by atoms with E-state index < -0.39 is 0 Å². The average Bonchev–Trinajstić information content (AvgIpc) is 2.86. The normalized spacial score (nSPS) is 19.9. The van der Waals surface area contributed by atoms with Crippen LogP contribution in [-0.2, 0) is 15.1 Å². The van der Waals surface area contributed by atoms with E-state index in [-0.39, 0.29) is 36.2 Å². The zero-order chi connectivity index (χ0) is 24.4. The molecule has 0 unspecified atom stereocenters. The third kappa shape index (κ3) is 6.97. The minimum atomic E-state index is -0.146. The molecule has 0 spiro atoms. The lowest BCUT2D eigenvalue weighted by Gasteiger charge is -2.45. The van der Waals surface area contributed by atoms with E-state index in [1.54, 1.807) is 7.11 Å². The number of benzene rings is 2. The Hall–Kier alpha value is -3.06. The minimum absolute atomic E-state index is 0.0102. The molecular weight excluding hydrogens is 430 g/mol. The number of ether oxygens (including phenoxy) is 2. The van der Waals surface area contributed by atoms with Crippen LogP contribution in [0.2, 0.25) is 0 Å². The van der Waals surface area contributed by atoms with Crippen LogP contribution < -0.4 is 20.1 Å². The maximum Gasteiger partial charge on any atom is 0.220 e. The largest absolute Gasteiger partial charge is 0.497 e. The van der Waals surface area contributed by atoms with Crippen LogP contribution in [-0.4, -0.2) is 57.1 Å². The first-order valence-electron chi connectivity index (χ1n) is 12.0. The highest BCUT2D eigenvalue weighted by molar-refractivity contribution is 5.83. The number of carbonyl (C=O) groups excluding carboxylic acids is 2. The number of nitrogens with zero attached hydrogens (tertiary/aromatic N) is 1. The molecule has 0 radical (unpaired) electrons. The van der Waals surface area contributed by atoms with Crippen molar-refractivity contribution in [3.8, 4) is 11.5 Å². The minimum Gasteiger partial charge on any atom is -0.497 e. The van der Waals surface area contributed by atoms with Crippen LogP contribution in [0.3, 0.4) is 0 Å². The van der Waals surface area contributed by atoms with Gasteiger partial charge in [0.2, 0.25) is 11.8 Å². The summed E-state index contributed by atoms with van der Waals surface area (Å²) in [6.07, 6.45) is 4.20. The van der Waals surface area contributed by atoms with Gasteiger partial charge in [-0.1, -0.05) is 30.3 Å². The van der Waals surface area contributed by atoms with Crippen molar-refractivity contribution in [1.82, 2.24) is 15.5 Å². The topological polar surface area (TPSA) is 79.9 Å². The molecule has 0 aliphatic heterocycles. The summed E-state index contributed by atoms with van der Waals surface area (Å²) in [5.41, 5.74) is 1.34. The number of amides is 2. The monoisotopic (exact) mass is 467 g/mol. The standard InChI is InChI=1S/C27H37N3O4/c1-30(2)27(21-7-5-4-6-8-21)17-15-22(16-18-27)29-26(32)14-13-25(31)28-19-20-34-24-11-9-23(33-3)10-12-24/h4-12,22H,13-20H2,1-3H3,(H,28,31)(H,29,32). The smallest absolute Gasteiger partial charge is 0.220 e. The molecule has 7 heteroatoms. The zero-order valence-corrected chi connectivity index (χ0v) is 20.5. The lowest BCUT2D eigenvalue weighted by Crippen LogP contribution is -2.48. The average molecular weight is 468 g/mol. The Balaban J connectivity index is 1.33. The molecule has 0 bridgehead atoms. The first kappa shape index (κ1) is 25.6. The number of methoxy groups -OCH3 is 1. The van der Waals surface area contributed by atoms with Gasteiger partial charge in [0.25, 0.3) is 0 Å². The van der Waals surface area contributed by atoms with Gasteiger partial charge in [0.1, 0.15) is 18.1 Å². The van der Waals surface area contributed by atoms with E-state index in [4.69, 9.17) is 9.47 Å².